The number of nitrogens with zero attached hydrogens (tertiary/aromatic N) is 1. The number of benzene rings is 2. The second-order valence-corrected chi connectivity index (χ2v) is 5.37. The zero-order chi connectivity index (χ0) is 18.8. The minimum absolute atomic E-state index is 0.141. The second-order valence-electron chi connectivity index (χ2n) is 5.37. The van der Waals surface area contributed by atoms with E-state index in [4.69, 9.17) is 11.2 Å². The predicted molar refractivity (Wildman–Crippen MR) is 100 cm³/mol. The van der Waals surface area contributed by atoms with Gasteiger partial charge in [0.2, 0.25) is 0 Å². The first-order chi connectivity index (χ1) is 12.6. The molecule has 132 valence electrons. The topological polar surface area (TPSA) is 79.8 Å². The summed E-state index contributed by atoms with van der Waals surface area (Å²) in [6, 6.07) is 14.2. The van der Waals surface area contributed by atoms with E-state index in [1.54, 1.807) is 24.3 Å². The van der Waals surface area contributed by atoms with Gasteiger partial charge in [0.1, 0.15) is 12.4 Å². The van der Waals surface area contributed by atoms with Gasteiger partial charge in [-0.2, -0.15) is 5.10 Å². The molecule has 0 aliphatic heterocycles. The van der Waals surface area contributed by atoms with Crippen LogP contribution in [0.4, 0.5) is 0 Å². The zero-order valence-electron chi connectivity index (χ0n) is 14.4. The van der Waals surface area contributed by atoms with Crippen LogP contribution in [0.15, 0.2) is 53.6 Å². The molecule has 0 aliphatic carbocycles. The van der Waals surface area contributed by atoms with Crippen LogP contribution in [0.3, 0.4) is 0 Å². The normalized spacial score (nSPS) is 10.2. The Bertz CT molecular complexity index is 836. The molecule has 0 saturated heterocycles. The molecule has 0 atom stereocenters. The molecule has 0 fully saturated rings. The smallest absolute Gasteiger partial charge is 0.259 e. The third-order valence-electron chi connectivity index (χ3n) is 3.35. The van der Waals surface area contributed by atoms with Crippen molar-refractivity contribution in [1.82, 2.24) is 10.7 Å². The van der Waals surface area contributed by atoms with Crippen molar-refractivity contribution in [2.75, 3.05) is 13.2 Å². The molecule has 0 heterocycles. The van der Waals surface area contributed by atoms with Crippen molar-refractivity contribution in [2.45, 2.75) is 6.92 Å². The van der Waals surface area contributed by atoms with Gasteiger partial charge in [-0.1, -0.05) is 35.7 Å². The highest BCUT2D eigenvalue weighted by atomic mass is 16.5. The lowest BCUT2D eigenvalue weighted by Gasteiger charge is -2.06. The van der Waals surface area contributed by atoms with Crippen LogP contribution in [0.1, 0.15) is 21.5 Å². The van der Waals surface area contributed by atoms with Gasteiger partial charge in [0.15, 0.2) is 0 Å². The summed E-state index contributed by atoms with van der Waals surface area (Å²) >= 11 is 0. The summed E-state index contributed by atoms with van der Waals surface area (Å²) in [5.41, 5.74) is 4.57. The maximum atomic E-state index is 11.9. The van der Waals surface area contributed by atoms with E-state index >= 15 is 0 Å². The molecule has 0 aromatic heterocycles. The number of rotatable bonds is 7. The average molecular weight is 349 g/mol. The molecule has 2 rings (SSSR count). The molecule has 6 nitrogen and oxygen atoms in total. The first-order valence-electron chi connectivity index (χ1n) is 7.92. The number of hydrogen-bond acceptors (Lipinski definition) is 4. The Morgan fingerprint density at radius 1 is 1.19 bits per heavy atom. The van der Waals surface area contributed by atoms with Crippen molar-refractivity contribution in [3.05, 3.63) is 65.2 Å². The lowest BCUT2D eigenvalue weighted by Crippen LogP contribution is -2.34. The lowest BCUT2D eigenvalue weighted by molar-refractivity contribution is -0.120. The van der Waals surface area contributed by atoms with Crippen molar-refractivity contribution in [3.8, 4) is 18.1 Å². The number of nitrogens with one attached hydrogen (secondary N) is 2. The van der Waals surface area contributed by atoms with Gasteiger partial charge < -0.3 is 10.1 Å². The minimum Gasteiger partial charge on any atom is -0.480 e. The molecular formula is C20H19N3O3. The van der Waals surface area contributed by atoms with Gasteiger partial charge in [0, 0.05) is 11.1 Å². The molecule has 2 amide bonds. The standard InChI is InChI=1S/C20H19N3O3/c1-3-12-26-18-7-5-4-6-17(18)13-22-23-19(24)14-21-20(25)16-10-8-15(2)9-11-16/h1,4-11,13H,12,14H2,2H3,(H,21,25)(H,23,24)/b22-13-. The highest BCUT2D eigenvalue weighted by Gasteiger charge is 2.07. The van der Waals surface area contributed by atoms with E-state index in [0.717, 1.165) is 5.56 Å². The van der Waals surface area contributed by atoms with E-state index < -0.39 is 5.91 Å². The Kier molecular flexibility index (Phi) is 6.95. The zero-order valence-corrected chi connectivity index (χ0v) is 14.4. The lowest BCUT2D eigenvalue weighted by atomic mass is 10.1. The molecule has 26 heavy (non-hydrogen) atoms. The van der Waals surface area contributed by atoms with Crippen molar-refractivity contribution in [3.63, 3.8) is 0 Å². The number of ether oxygens (including phenoxy) is 1. The fourth-order valence-electron chi connectivity index (χ4n) is 2.02. The van der Waals surface area contributed by atoms with E-state index in [1.165, 1.54) is 6.21 Å². The van der Waals surface area contributed by atoms with Crippen LogP contribution in [-0.4, -0.2) is 31.2 Å². The molecule has 6 heteroatoms. The first-order valence-corrected chi connectivity index (χ1v) is 7.92. The van der Waals surface area contributed by atoms with Gasteiger partial charge >= 0.3 is 0 Å². The van der Waals surface area contributed by atoms with Crippen LogP contribution < -0.4 is 15.5 Å². The van der Waals surface area contributed by atoms with Gasteiger partial charge in [0.25, 0.3) is 11.8 Å². The third kappa shape index (κ3) is 5.80. The van der Waals surface area contributed by atoms with Gasteiger partial charge in [-0.05, 0) is 31.2 Å². The minimum atomic E-state index is -0.441. The Balaban J connectivity index is 1.83. The summed E-state index contributed by atoms with van der Waals surface area (Å²) in [6.45, 7) is 1.89. The summed E-state index contributed by atoms with van der Waals surface area (Å²) in [5.74, 6) is 2.19. The number of para-hydroxylation sites is 1. The quantitative estimate of drug-likeness (QED) is 0.455. The molecule has 0 aliphatic rings. The van der Waals surface area contributed by atoms with E-state index in [9.17, 15) is 9.59 Å². The van der Waals surface area contributed by atoms with Crippen molar-refractivity contribution >= 4 is 18.0 Å². The molecule has 2 aromatic rings. The molecule has 0 saturated carbocycles. The monoisotopic (exact) mass is 349 g/mol. The van der Waals surface area contributed by atoms with Crippen molar-refractivity contribution in [1.29, 1.82) is 0 Å². The second kappa shape index (κ2) is 9.64. The van der Waals surface area contributed by atoms with Crippen LogP contribution in [0.25, 0.3) is 0 Å². The summed E-state index contributed by atoms with van der Waals surface area (Å²) in [5, 5.41) is 6.40. The molecular weight excluding hydrogens is 330 g/mol. The van der Waals surface area contributed by atoms with Gasteiger partial charge in [-0.25, -0.2) is 5.43 Å². The Morgan fingerprint density at radius 2 is 1.92 bits per heavy atom. The van der Waals surface area contributed by atoms with Crippen LogP contribution in [-0.2, 0) is 4.79 Å². The maximum Gasteiger partial charge on any atom is 0.259 e. The molecule has 0 spiro atoms. The van der Waals surface area contributed by atoms with Gasteiger partial charge in [-0.3, -0.25) is 9.59 Å². The number of carbonyl (C=O) groups excluding carboxylic acids is 2. The van der Waals surface area contributed by atoms with E-state index in [2.05, 4.69) is 21.8 Å². The largest absolute Gasteiger partial charge is 0.480 e. The van der Waals surface area contributed by atoms with Crippen LogP contribution in [0.2, 0.25) is 0 Å². The third-order valence-corrected chi connectivity index (χ3v) is 3.35. The number of carbonyl (C=O) groups is 2. The van der Waals surface area contributed by atoms with E-state index in [1.807, 2.05) is 31.2 Å². The number of terminal acetylenes is 1. The molecule has 0 bridgehead atoms. The highest BCUT2D eigenvalue weighted by Crippen LogP contribution is 2.15. The van der Waals surface area contributed by atoms with Gasteiger partial charge in [-0.15, -0.1) is 6.42 Å². The fraction of sp³-hybridized carbons (Fsp3) is 0.150. The van der Waals surface area contributed by atoms with Crippen molar-refractivity contribution in [2.24, 2.45) is 5.10 Å². The number of hydrazone groups is 1. The molecule has 0 radical (unpaired) electrons. The average Bonchev–Trinajstić information content (AvgIpc) is 2.66. The molecule has 2 aromatic carbocycles. The van der Waals surface area contributed by atoms with Gasteiger partial charge in [0.05, 0.1) is 12.8 Å². The molecule has 0 unspecified atom stereocenters. The first kappa shape index (κ1) is 18.7. The number of aryl methyl sites for hydroxylation is 1. The SMILES string of the molecule is C#CCOc1ccccc1/C=N\NC(=O)CNC(=O)c1ccc(C)cc1. The van der Waals surface area contributed by atoms with Crippen LogP contribution in [0.5, 0.6) is 5.75 Å². The Hall–Kier alpha value is -3.59. The maximum absolute atomic E-state index is 11.9. The Labute approximate surface area is 152 Å². The van der Waals surface area contributed by atoms with Crippen molar-refractivity contribution < 1.29 is 14.3 Å². The van der Waals surface area contributed by atoms with Crippen LogP contribution in [0, 0.1) is 19.3 Å². The van der Waals surface area contributed by atoms with Crippen LogP contribution >= 0.6 is 0 Å². The summed E-state index contributed by atoms with van der Waals surface area (Å²) in [6.07, 6.45) is 6.62. The highest BCUT2D eigenvalue weighted by molar-refractivity contribution is 5.96. The summed E-state index contributed by atoms with van der Waals surface area (Å²) in [4.78, 5) is 23.7. The summed E-state index contributed by atoms with van der Waals surface area (Å²) in [7, 11) is 0. The number of hydrogen-bond donors (Lipinski definition) is 2. The van der Waals surface area contributed by atoms with E-state index in [0.29, 0.717) is 16.9 Å². The fourth-order valence-corrected chi connectivity index (χ4v) is 2.02. The Morgan fingerprint density at radius 3 is 2.65 bits per heavy atom. The molecule has 2 N–H and O–H groups in total. The van der Waals surface area contributed by atoms with E-state index in [-0.39, 0.29) is 19.1 Å². The summed E-state index contributed by atoms with van der Waals surface area (Å²) < 4.78 is 5.38. The number of amides is 2. The predicted octanol–water partition coefficient (Wildman–Crippen LogP) is 1.89.